The van der Waals surface area contributed by atoms with E-state index in [-0.39, 0.29) is 0 Å². The molecule has 0 aliphatic rings. The lowest BCUT2D eigenvalue weighted by Gasteiger charge is -2.02. The van der Waals surface area contributed by atoms with Gasteiger partial charge in [0.15, 0.2) is 0 Å². The van der Waals surface area contributed by atoms with Gasteiger partial charge in [-0.05, 0) is 30.5 Å². The number of rotatable bonds is 6. The van der Waals surface area contributed by atoms with Gasteiger partial charge in [0.05, 0.1) is 12.7 Å². The summed E-state index contributed by atoms with van der Waals surface area (Å²) in [5.41, 5.74) is 1.77. The first-order valence-electron chi connectivity index (χ1n) is 5.62. The maximum Gasteiger partial charge on any atom is 0.373 e. The SMILES string of the molecule is CCCCCc1ccc(C(=O)OOC)cc1. The average Bonchev–Trinajstić information content (AvgIpc) is 2.30. The van der Waals surface area contributed by atoms with Crippen LogP contribution in [0.1, 0.15) is 42.1 Å². The van der Waals surface area contributed by atoms with Crippen molar-refractivity contribution >= 4 is 5.97 Å². The molecule has 0 N–H and O–H groups in total. The minimum absolute atomic E-state index is 0.456. The first-order valence-corrected chi connectivity index (χ1v) is 5.62. The normalized spacial score (nSPS) is 10.1. The quantitative estimate of drug-likeness (QED) is 0.421. The zero-order chi connectivity index (χ0) is 11.8. The summed E-state index contributed by atoms with van der Waals surface area (Å²) >= 11 is 0. The van der Waals surface area contributed by atoms with Crippen molar-refractivity contribution in [1.82, 2.24) is 0 Å². The molecule has 0 bridgehead atoms. The van der Waals surface area contributed by atoms with Gasteiger partial charge in [-0.15, -0.1) is 0 Å². The smallest absolute Gasteiger partial charge is 0.293 e. The van der Waals surface area contributed by atoms with E-state index in [2.05, 4.69) is 16.7 Å². The highest BCUT2D eigenvalue weighted by atomic mass is 17.2. The maximum absolute atomic E-state index is 11.3. The Balaban J connectivity index is 2.50. The largest absolute Gasteiger partial charge is 0.373 e. The molecule has 3 heteroatoms. The number of carbonyl (C=O) groups excluding carboxylic acids is 1. The van der Waals surface area contributed by atoms with Gasteiger partial charge in [0.2, 0.25) is 0 Å². The molecule has 0 fully saturated rings. The molecular formula is C13H18O3. The molecule has 0 radical (unpaired) electrons. The summed E-state index contributed by atoms with van der Waals surface area (Å²) in [5.74, 6) is -0.456. The number of hydrogen-bond donors (Lipinski definition) is 0. The van der Waals surface area contributed by atoms with Gasteiger partial charge in [-0.2, -0.15) is 4.89 Å². The van der Waals surface area contributed by atoms with Gasteiger partial charge < -0.3 is 0 Å². The molecule has 0 saturated carbocycles. The number of benzene rings is 1. The highest BCUT2D eigenvalue weighted by Gasteiger charge is 2.06. The molecule has 0 atom stereocenters. The predicted octanol–water partition coefficient (Wildman–Crippen LogP) is 3.14. The second-order valence-electron chi connectivity index (χ2n) is 3.69. The minimum atomic E-state index is -0.456. The van der Waals surface area contributed by atoms with E-state index in [1.54, 1.807) is 12.1 Å². The Morgan fingerprint density at radius 3 is 2.44 bits per heavy atom. The molecule has 0 aromatic heterocycles. The molecule has 3 nitrogen and oxygen atoms in total. The van der Waals surface area contributed by atoms with Crippen LogP contribution in [0.25, 0.3) is 0 Å². The van der Waals surface area contributed by atoms with Crippen LogP contribution < -0.4 is 0 Å². The topological polar surface area (TPSA) is 35.5 Å². The van der Waals surface area contributed by atoms with E-state index < -0.39 is 5.97 Å². The Bertz CT molecular complexity index is 316. The van der Waals surface area contributed by atoms with Crippen molar-refractivity contribution in [1.29, 1.82) is 0 Å². The summed E-state index contributed by atoms with van der Waals surface area (Å²) in [4.78, 5) is 20.0. The van der Waals surface area contributed by atoms with E-state index in [9.17, 15) is 4.79 Å². The van der Waals surface area contributed by atoms with E-state index in [1.807, 2.05) is 12.1 Å². The summed E-state index contributed by atoms with van der Waals surface area (Å²) in [7, 11) is 1.32. The van der Waals surface area contributed by atoms with Gasteiger partial charge >= 0.3 is 5.97 Å². The van der Waals surface area contributed by atoms with E-state index in [0.29, 0.717) is 5.56 Å². The zero-order valence-corrected chi connectivity index (χ0v) is 9.86. The highest BCUT2D eigenvalue weighted by Crippen LogP contribution is 2.09. The summed E-state index contributed by atoms with van der Waals surface area (Å²) in [6.45, 7) is 2.18. The van der Waals surface area contributed by atoms with Crippen molar-refractivity contribution in [2.75, 3.05) is 7.11 Å². The Morgan fingerprint density at radius 1 is 1.19 bits per heavy atom. The molecule has 0 spiro atoms. The molecule has 0 unspecified atom stereocenters. The molecule has 0 heterocycles. The first kappa shape index (κ1) is 12.7. The average molecular weight is 222 g/mol. The van der Waals surface area contributed by atoms with E-state index in [0.717, 1.165) is 6.42 Å². The van der Waals surface area contributed by atoms with Crippen LogP contribution >= 0.6 is 0 Å². The van der Waals surface area contributed by atoms with Crippen LogP contribution in [0.15, 0.2) is 24.3 Å². The van der Waals surface area contributed by atoms with Crippen LogP contribution in [0.2, 0.25) is 0 Å². The fourth-order valence-corrected chi connectivity index (χ4v) is 1.51. The van der Waals surface area contributed by atoms with Gasteiger partial charge in [-0.3, -0.25) is 4.89 Å². The van der Waals surface area contributed by atoms with Crippen molar-refractivity contribution in [3.63, 3.8) is 0 Å². The Morgan fingerprint density at radius 2 is 1.88 bits per heavy atom. The van der Waals surface area contributed by atoms with E-state index in [4.69, 9.17) is 0 Å². The van der Waals surface area contributed by atoms with E-state index in [1.165, 1.54) is 31.9 Å². The molecule has 1 rings (SSSR count). The van der Waals surface area contributed by atoms with Crippen molar-refractivity contribution in [2.45, 2.75) is 32.6 Å². The van der Waals surface area contributed by atoms with E-state index >= 15 is 0 Å². The number of hydrogen-bond acceptors (Lipinski definition) is 3. The molecule has 1 aromatic rings. The first-order chi connectivity index (χ1) is 7.77. The van der Waals surface area contributed by atoms with Gasteiger partial charge in [-0.1, -0.05) is 31.9 Å². The number of aryl methyl sites for hydroxylation is 1. The molecule has 0 aliphatic heterocycles. The molecule has 0 amide bonds. The van der Waals surface area contributed by atoms with Crippen molar-refractivity contribution < 1.29 is 14.6 Å². The van der Waals surface area contributed by atoms with Gasteiger partial charge in [0, 0.05) is 0 Å². The molecule has 0 aliphatic carbocycles. The second-order valence-corrected chi connectivity index (χ2v) is 3.69. The van der Waals surface area contributed by atoms with Crippen LogP contribution in [0.5, 0.6) is 0 Å². The third-order valence-corrected chi connectivity index (χ3v) is 2.42. The van der Waals surface area contributed by atoms with Crippen molar-refractivity contribution in [3.8, 4) is 0 Å². The van der Waals surface area contributed by atoms with Crippen molar-refractivity contribution in [2.24, 2.45) is 0 Å². The fourth-order valence-electron chi connectivity index (χ4n) is 1.51. The summed E-state index contributed by atoms with van der Waals surface area (Å²) in [6.07, 6.45) is 4.72. The molecule has 1 aromatic carbocycles. The van der Waals surface area contributed by atoms with Crippen LogP contribution in [0, 0.1) is 0 Å². The highest BCUT2D eigenvalue weighted by molar-refractivity contribution is 5.88. The standard InChI is InChI=1S/C13H18O3/c1-3-4-5-6-11-7-9-12(10-8-11)13(14)16-15-2/h7-10H,3-6H2,1-2H3. The summed E-state index contributed by atoms with van der Waals surface area (Å²) in [5, 5.41) is 0. The lowest BCUT2D eigenvalue weighted by Crippen LogP contribution is -2.03. The third kappa shape index (κ3) is 4.03. The maximum atomic E-state index is 11.3. The Hall–Kier alpha value is -1.35. The summed E-state index contributed by atoms with van der Waals surface area (Å²) in [6, 6.07) is 7.45. The van der Waals surface area contributed by atoms with Gasteiger partial charge in [0.1, 0.15) is 0 Å². The number of unbranched alkanes of at least 4 members (excludes halogenated alkanes) is 2. The van der Waals surface area contributed by atoms with Crippen LogP contribution in [-0.4, -0.2) is 13.1 Å². The minimum Gasteiger partial charge on any atom is -0.293 e. The molecule has 88 valence electrons. The fraction of sp³-hybridized carbons (Fsp3) is 0.462. The van der Waals surface area contributed by atoms with Crippen LogP contribution in [0.3, 0.4) is 0 Å². The lowest BCUT2D eigenvalue weighted by molar-refractivity contribution is -0.216. The molecular weight excluding hydrogens is 204 g/mol. The van der Waals surface area contributed by atoms with Gasteiger partial charge in [0.25, 0.3) is 0 Å². The van der Waals surface area contributed by atoms with Crippen molar-refractivity contribution in [3.05, 3.63) is 35.4 Å². The summed E-state index contributed by atoms with van der Waals surface area (Å²) < 4.78 is 0. The number of carbonyl (C=O) groups is 1. The van der Waals surface area contributed by atoms with Gasteiger partial charge in [-0.25, -0.2) is 4.79 Å². The van der Waals surface area contributed by atoms with Crippen LogP contribution in [0.4, 0.5) is 0 Å². The second kappa shape index (κ2) is 7.01. The third-order valence-electron chi connectivity index (χ3n) is 2.42. The predicted molar refractivity (Wildman–Crippen MR) is 62.1 cm³/mol. The van der Waals surface area contributed by atoms with Crippen LogP contribution in [-0.2, 0) is 16.2 Å². The monoisotopic (exact) mass is 222 g/mol. The molecule has 16 heavy (non-hydrogen) atoms. The molecule has 0 saturated heterocycles. The Labute approximate surface area is 96.3 Å². The zero-order valence-electron chi connectivity index (χ0n) is 9.86. The Kier molecular flexibility index (Phi) is 5.57. The lowest BCUT2D eigenvalue weighted by atomic mass is 10.1.